The van der Waals surface area contributed by atoms with Crippen LogP contribution in [0.3, 0.4) is 0 Å². The molecule has 132 valence electrons. The van der Waals surface area contributed by atoms with E-state index in [1.807, 2.05) is 6.33 Å². The molecule has 24 heavy (non-hydrogen) atoms. The Morgan fingerprint density at radius 3 is 2.33 bits per heavy atom. The van der Waals surface area contributed by atoms with E-state index in [-0.39, 0.29) is 5.41 Å². The summed E-state index contributed by atoms with van der Waals surface area (Å²) in [6.45, 7) is 11.5. The molecule has 2 aromatic rings. The van der Waals surface area contributed by atoms with Crippen LogP contribution in [0.2, 0.25) is 0 Å². The van der Waals surface area contributed by atoms with Crippen LogP contribution in [-0.2, 0) is 5.41 Å². The molecular formula is C20H28I2N2. The van der Waals surface area contributed by atoms with Crippen LogP contribution in [0.1, 0.15) is 51.8 Å². The van der Waals surface area contributed by atoms with Crippen molar-refractivity contribution in [1.29, 1.82) is 0 Å². The van der Waals surface area contributed by atoms with Gasteiger partial charge in [0.15, 0.2) is 0 Å². The predicted octanol–water partition coefficient (Wildman–Crippen LogP) is 6.50. The largest absolute Gasteiger partial charge is 0.303 e. The first-order valence-electron chi connectivity index (χ1n) is 8.69. The molecule has 0 aliphatic rings. The van der Waals surface area contributed by atoms with Gasteiger partial charge in [0, 0.05) is 30.8 Å². The molecule has 0 saturated carbocycles. The van der Waals surface area contributed by atoms with Crippen LogP contribution in [0.15, 0.2) is 36.8 Å². The molecule has 1 heterocycles. The van der Waals surface area contributed by atoms with Gasteiger partial charge in [-0.25, -0.2) is 4.98 Å². The second-order valence-corrected chi connectivity index (χ2v) is 10.4. The summed E-state index contributed by atoms with van der Waals surface area (Å²) in [7, 11) is 0. The van der Waals surface area contributed by atoms with Crippen LogP contribution < -0.4 is 0 Å². The molecular weight excluding hydrogens is 522 g/mol. The van der Waals surface area contributed by atoms with Crippen LogP contribution in [0.5, 0.6) is 0 Å². The van der Waals surface area contributed by atoms with Crippen molar-refractivity contribution < 1.29 is 0 Å². The lowest BCUT2D eigenvalue weighted by Crippen LogP contribution is -2.40. The summed E-state index contributed by atoms with van der Waals surface area (Å²) in [5.74, 6) is 0.643. The number of benzene rings is 1. The van der Waals surface area contributed by atoms with Gasteiger partial charge in [-0.2, -0.15) is 0 Å². The first-order valence-corrected chi connectivity index (χ1v) is 11.2. The van der Waals surface area contributed by atoms with Gasteiger partial charge in [-0.3, -0.25) is 0 Å². The van der Waals surface area contributed by atoms with E-state index in [1.165, 1.54) is 29.8 Å². The Labute approximate surface area is 174 Å². The molecule has 2 nitrogen and oxygen atoms in total. The maximum Gasteiger partial charge on any atom is 0.0994 e. The topological polar surface area (TPSA) is 17.8 Å². The molecule has 1 aromatic heterocycles. The summed E-state index contributed by atoms with van der Waals surface area (Å²) < 4.78 is 3.49. The van der Waals surface area contributed by atoms with Crippen molar-refractivity contribution >= 4 is 45.2 Å². The molecule has 0 N–H and O–H groups in total. The van der Waals surface area contributed by atoms with Crippen molar-refractivity contribution in [2.75, 3.05) is 0 Å². The molecule has 2 rings (SSSR count). The molecule has 0 saturated heterocycles. The molecule has 4 atom stereocenters. The highest BCUT2D eigenvalue weighted by atomic mass is 127. The van der Waals surface area contributed by atoms with E-state index >= 15 is 0 Å². The Balaban J connectivity index is 2.49. The van der Waals surface area contributed by atoms with E-state index in [1.54, 1.807) is 0 Å². The molecule has 1 aromatic carbocycles. The van der Waals surface area contributed by atoms with Crippen molar-refractivity contribution in [2.45, 2.75) is 60.7 Å². The van der Waals surface area contributed by atoms with E-state index in [2.05, 4.69) is 120 Å². The molecule has 0 aliphatic carbocycles. The van der Waals surface area contributed by atoms with E-state index in [0.29, 0.717) is 13.8 Å². The van der Waals surface area contributed by atoms with Crippen LogP contribution in [0.25, 0.3) is 5.69 Å². The minimum atomic E-state index is 0.107. The number of hydrogen-bond acceptors (Lipinski definition) is 1. The number of aryl methyl sites for hydroxylation is 1. The van der Waals surface area contributed by atoms with Crippen LogP contribution in [0, 0.1) is 12.8 Å². The minimum absolute atomic E-state index is 0.107. The lowest BCUT2D eigenvalue weighted by molar-refractivity contribution is 0.346. The van der Waals surface area contributed by atoms with Gasteiger partial charge in [0.25, 0.3) is 0 Å². The van der Waals surface area contributed by atoms with Crippen molar-refractivity contribution in [3.05, 3.63) is 48.0 Å². The number of nitrogens with zero attached hydrogens (tertiary/aromatic N) is 2. The summed E-state index contributed by atoms with van der Waals surface area (Å²) in [4.78, 5) is 4.51. The van der Waals surface area contributed by atoms with Crippen molar-refractivity contribution in [2.24, 2.45) is 5.92 Å². The average Bonchev–Trinajstić information content (AvgIpc) is 3.04. The van der Waals surface area contributed by atoms with Gasteiger partial charge in [0.05, 0.1) is 6.33 Å². The van der Waals surface area contributed by atoms with E-state index in [9.17, 15) is 0 Å². The SMILES string of the molecule is CCCC(C)(c1cncn1-c1ccc(C)cc1)[C@@H](I)C(C)C(C)I. The normalized spacial score (nSPS) is 18.0. The maximum atomic E-state index is 4.51. The second-order valence-electron chi connectivity index (χ2n) is 7.09. The van der Waals surface area contributed by atoms with Crippen LogP contribution in [0.4, 0.5) is 0 Å². The highest BCUT2D eigenvalue weighted by Crippen LogP contribution is 2.43. The standard InChI is InChI=1S/C20H28I2N2/c1-6-11-20(5,19(22)15(3)16(4)21)18-12-23-13-24(18)17-9-7-14(2)8-10-17/h7-10,12-13,15-16,19H,6,11H2,1-5H3/t15?,16?,19-,20?/m0/s1. The molecule has 0 fully saturated rings. The van der Waals surface area contributed by atoms with Crippen molar-refractivity contribution in [3.8, 4) is 5.69 Å². The number of alkyl halides is 2. The zero-order valence-electron chi connectivity index (χ0n) is 15.3. The summed E-state index contributed by atoms with van der Waals surface area (Å²) in [5.41, 5.74) is 3.93. The van der Waals surface area contributed by atoms with Crippen molar-refractivity contribution in [3.63, 3.8) is 0 Å². The smallest absolute Gasteiger partial charge is 0.0994 e. The number of aromatic nitrogens is 2. The lowest BCUT2D eigenvalue weighted by atomic mass is 9.74. The zero-order chi connectivity index (χ0) is 17.9. The summed E-state index contributed by atoms with van der Waals surface area (Å²) in [5, 5.41) is 0. The van der Waals surface area contributed by atoms with E-state index in [0.717, 1.165) is 0 Å². The Hall–Kier alpha value is -0.110. The molecule has 3 unspecified atom stereocenters. The Bertz CT molecular complexity index is 648. The molecule has 0 radical (unpaired) electrons. The van der Waals surface area contributed by atoms with Gasteiger partial charge >= 0.3 is 0 Å². The van der Waals surface area contributed by atoms with Gasteiger partial charge in [0.1, 0.15) is 0 Å². The van der Waals surface area contributed by atoms with Crippen LogP contribution >= 0.6 is 45.2 Å². The van der Waals surface area contributed by atoms with Gasteiger partial charge in [0.2, 0.25) is 0 Å². The van der Waals surface area contributed by atoms with Crippen LogP contribution in [-0.4, -0.2) is 17.4 Å². The summed E-state index contributed by atoms with van der Waals surface area (Å²) >= 11 is 5.25. The Morgan fingerprint density at radius 2 is 1.79 bits per heavy atom. The summed E-state index contributed by atoms with van der Waals surface area (Å²) in [6.07, 6.45) is 6.39. The fourth-order valence-electron chi connectivity index (χ4n) is 3.37. The fraction of sp³-hybridized carbons (Fsp3) is 0.550. The monoisotopic (exact) mass is 550 g/mol. The van der Waals surface area contributed by atoms with Gasteiger partial charge in [-0.1, -0.05) is 97.0 Å². The highest BCUT2D eigenvalue weighted by molar-refractivity contribution is 14.1. The van der Waals surface area contributed by atoms with E-state index in [4.69, 9.17) is 0 Å². The van der Waals surface area contributed by atoms with E-state index < -0.39 is 0 Å². The second kappa shape index (κ2) is 8.52. The molecule has 0 amide bonds. The molecule has 0 aliphatic heterocycles. The molecule has 0 bridgehead atoms. The minimum Gasteiger partial charge on any atom is -0.303 e. The average molecular weight is 550 g/mol. The quantitative estimate of drug-likeness (QED) is 0.284. The Kier molecular flexibility index (Phi) is 7.17. The third kappa shape index (κ3) is 4.17. The molecule has 0 spiro atoms. The highest BCUT2D eigenvalue weighted by Gasteiger charge is 2.40. The van der Waals surface area contributed by atoms with Gasteiger partial charge < -0.3 is 4.57 Å². The zero-order valence-corrected chi connectivity index (χ0v) is 19.6. The predicted molar refractivity (Wildman–Crippen MR) is 121 cm³/mol. The third-order valence-electron chi connectivity index (χ3n) is 5.10. The van der Waals surface area contributed by atoms with Gasteiger partial charge in [-0.05, 0) is 31.4 Å². The third-order valence-corrected chi connectivity index (χ3v) is 8.74. The fourth-order valence-corrected chi connectivity index (χ4v) is 5.83. The number of imidazole rings is 1. The number of rotatable bonds is 7. The lowest BCUT2D eigenvalue weighted by Gasteiger charge is -2.39. The molecule has 4 heteroatoms. The van der Waals surface area contributed by atoms with Gasteiger partial charge in [-0.15, -0.1) is 0 Å². The maximum absolute atomic E-state index is 4.51. The number of halogens is 2. The number of hydrogen-bond donors (Lipinski definition) is 0. The first-order chi connectivity index (χ1) is 11.3. The first kappa shape index (κ1) is 20.2. The van der Waals surface area contributed by atoms with Crippen molar-refractivity contribution in [1.82, 2.24) is 9.55 Å². The Morgan fingerprint density at radius 1 is 1.17 bits per heavy atom. The summed E-state index contributed by atoms with van der Waals surface area (Å²) in [6, 6.07) is 8.74.